The Morgan fingerprint density at radius 1 is 1.24 bits per heavy atom. The molecule has 1 aliphatic heterocycles. The molecular weight excluding hydrogens is 374 g/mol. The molecule has 8 nitrogen and oxygen atoms in total. The molecule has 152 valence electrons. The van der Waals surface area contributed by atoms with Crippen LogP contribution in [0.25, 0.3) is 0 Å². The fourth-order valence-electron chi connectivity index (χ4n) is 3.67. The van der Waals surface area contributed by atoms with Crippen LogP contribution in [0.4, 0.5) is 10.5 Å². The molecule has 1 fully saturated rings. The fourth-order valence-corrected chi connectivity index (χ4v) is 3.67. The van der Waals surface area contributed by atoms with Gasteiger partial charge < -0.3 is 9.47 Å². The van der Waals surface area contributed by atoms with Crippen LogP contribution in [0.1, 0.15) is 50.5 Å². The monoisotopic (exact) mass is 397 g/mol. The van der Waals surface area contributed by atoms with E-state index in [-0.39, 0.29) is 24.1 Å². The average Bonchev–Trinajstić information content (AvgIpc) is 3.36. The van der Waals surface area contributed by atoms with E-state index >= 15 is 0 Å². The summed E-state index contributed by atoms with van der Waals surface area (Å²) in [7, 11) is 0. The van der Waals surface area contributed by atoms with Crippen LogP contribution in [-0.2, 0) is 20.9 Å². The quantitative estimate of drug-likeness (QED) is 0.796. The van der Waals surface area contributed by atoms with E-state index in [0.29, 0.717) is 5.82 Å². The van der Waals surface area contributed by atoms with E-state index in [1.54, 1.807) is 20.8 Å². The lowest BCUT2D eigenvalue weighted by Crippen LogP contribution is -2.35. The molecule has 1 N–H and O–H groups in total. The zero-order valence-corrected chi connectivity index (χ0v) is 16.5. The summed E-state index contributed by atoms with van der Waals surface area (Å²) >= 11 is 0. The average molecular weight is 397 g/mol. The number of rotatable bonds is 4. The van der Waals surface area contributed by atoms with Crippen LogP contribution in [0.3, 0.4) is 0 Å². The van der Waals surface area contributed by atoms with Crippen LogP contribution < -0.4 is 10.9 Å². The van der Waals surface area contributed by atoms with Crippen molar-refractivity contribution in [1.82, 2.24) is 9.55 Å². The van der Waals surface area contributed by atoms with E-state index < -0.39 is 29.3 Å². The Labute approximate surface area is 167 Å². The van der Waals surface area contributed by atoms with Crippen molar-refractivity contribution in [3.8, 4) is 0 Å². The van der Waals surface area contributed by atoms with Crippen molar-refractivity contribution in [3.63, 3.8) is 0 Å². The summed E-state index contributed by atoms with van der Waals surface area (Å²) in [6, 6.07) is 8.64. The molecule has 0 saturated heterocycles. The van der Waals surface area contributed by atoms with Crippen molar-refractivity contribution in [2.75, 3.05) is 5.32 Å². The molecule has 29 heavy (non-hydrogen) atoms. The van der Waals surface area contributed by atoms with Gasteiger partial charge >= 0.3 is 12.1 Å². The van der Waals surface area contributed by atoms with Crippen LogP contribution >= 0.6 is 0 Å². The smallest absolute Gasteiger partial charge is 0.412 e. The Morgan fingerprint density at radius 2 is 1.97 bits per heavy atom. The number of nitrogens with one attached hydrogen (secondary N) is 1. The van der Waals surface area contributed by atoms with Crippen molar-refractivity contribution >= 4 is 17.7 Å². The largest absolute Gasteiger partial charge is 0.459 e. The highest BCUT2D eigenvalue weighted by Crippen LogP contribution is 2.58. The first kappa shape index (κ1) is 19.2. The molecule has 8 heteroatoms. The van der Waals surface area contributed by atoms with Gasteiger partial charge in [-0.1, -0.05) is 30.3 Å². The molecule has 3 unspecified atom stereocenters. The van der Waals surface area contributed by atoms with Gasteiger partial charge in [0.2, 0.25) is 0 Å². The summed E-state index contributed by atoms with van der Waals surface area (Å²) in [5.74, 6) is 0.192. The van der Waals surface area contributed by atoms with Gasteiger partial charge in [-0.25, -0.2) is 14.6 Å². The second kappa shape index (κ2) is 7.02. The lowest BCUT2D eigenvalue weighted by Gasteiger charge is -2.20. The Bertz CT molecular complexity index is 1010. The standard InChI is InChI=1S/C21H23N3O5/c1-21(2,3)29-20(27)23-15-10-22-17-14-9-13(14)16(24(17)18(15)25)19(26)28-11-12-7-5-4-6-8-12/h4-8,10,13-14,16H,9,11H2,1-3H3,(H,23,27). The van der Waals surface area contributed by atoms with Crippen molar-refractivity contribution in [2.45, 2.75) is 51.4 Å². The molecule has 1 aliphatic carbocycles. The summed E-state index contributed by atoms with van der Waals surface area (Å²) in [6.07, 6.45) is 1.38. The molecule has 0 radical (unpaired) electrons. The normalized spacial score (nSPS) is 21.7. The Kier molecular flexibility index (Phi) is 4.64. The number of aromatic nitrogens is 2. The predicted molar refractivity (Wildman–Crippen MR) is 104 cm³/mol. The van der Waals surface area contributed by atoms with Crippen LogP contribution in [0.5, 0.6) is 0 Å². The molecule has 1 aromatic heterocycles. The minimum absolute atomic E-state index is 0.00949. The summed E-state index contributed by atoms with van der Waals surface area (Å²) < 4.78 is 12.0. The number of fused-ring (bicyclic) bond motifs is 3. The summed E-state index contributed by atoms with van der Waals surface area (Å²) in [4.78, 5) is 42.1. The van der Waals surface area contributed by atoms with Crippen molar-refractivity contribution in [1.29, 1.82) is 0 Å². The number of nitrogens with zero attached hydrogens (tertiary/aromatic N) is 2. The highest BCUT2D eigenvalue weighted by atomic mass is 16.6. The minimum Gasteiger partial charge on any atom is -0.459 e. The Hall–Kier alpha value is -3.16. The molecule has 0 spiro atoms. The molecule has 3 atom stereocenters. The third-order valence-electron chi connectivity index (χ3n) is 4.98. The van der Waals surface area contributed by atoms with E-state index in [4.69, 9.17) is 9.47 Å². The molecule has 1 saturated carbocycles. The van der Waals surface area contributed by atoms with Gasteiger partial charge in [0.25, 0.3) is 5.56 Å². The summed E-state index contributed by atoms with van der Waals surface area (Å²) in [6.45, 7) is 5.33. The lowest BCUT2D eigenvalue weighted by atomic mass is 10.2. The SMILES string of the molecule is CC(C)(C)OC(=O)Nc1cnc2n(c1=O)C(C(=O)OCc1ccccc1)C1CC21. The Morgan fingerprint density at radius 3 is 2.66 bits per heavy atom. The molecule has 2 aromatic rings. The highest BCUT2D eigenvalue weighted by molar-refractivity contribution is 5.84. The van der Waals surface area contributed by atoms with Gasteiger partial charge in [-0.2, -0.15) is 0 Å². The second-order valence-corrected chi connectivity index (χ2v) is 8.38. The molecular formula is C21H23N3O5. The molecule has 1 amide bonds. The van der Waals surface area contributed by atoms with Gasteiger partial charge in [0, 0.05) is 11.8 Å². The van der Waals surface area contributed by atoms with Crippen molar-refractivity contribution in [3.05, 3.63) is 58.3 Å². The molecule has 2 aliphatic rings. The molecule has 1 aromatic carbocycles. The second-order valence-electron chi connectivity index (χ2n) is 8.38. The van der Waals surface area contributed by atoms with E-state index in [1.165, 1.54) is 10.8 Å². The van der Waals surface area contributed by atoms with Crippen molar-refractivity contribution in [2.24, 2.45) is 5.92 Å². The molecule has 0 bridgehead atoms. The number of carbonyl (C=O) groups is 2. The highest BCUT2D eigenvalue weighted by Gasteiger charge is 2.57. The lowest BCUT2D eigenvalue weighted by molar-refractivity contribution is -0.149. The predicted octanol–water partition coefficient (Wildman–Crippen LogP) is 2.99. The van der Waals surface area contributed by atoms with E-state index in [0.717, 1.165) is 12.0 Å². The molecule has 2 heterocycles. The fraction of sp³-hybridized carbons (Fsp3) is 0.429. The van der Waals surface area contributed by atoms with Gasteiger partial charge in [0.15, 0.2) is 0 Å². The third-order valence-corrected chi connectivity index (χ3v) is 4.98. The third kappa shape index (κ3) is 3.87. The zero-order chi connectivity index (χ0) is 20.8. The first-order valence-corrected chi connectivity index (χ1v) is 9.56. The topological polar surface area (TPSA) is 99.5 Å². The van der Waals surface area contributed by atoms with Gasteiger partial charge in [0.1, 0.15) is 29.8 Å². The number of benzene rings is 1. The van der Waals surface area contributed by atoms with Gasteiger partial charge in [-0.3, -0.25) is 14.7 Å². The zero-order valence-electron chi connectivity index (χ0n) is 16.5. The summed E-state index contributed by atoms with van der Waals surface area (Å²) in [5, 5.41) is 2.43. The maximum Gasteiger partial charge on any atom is 0.412 e. The van der Waals surface area contributed by atoms with E-state index in [9.17, 15) is 14.4 Å². The number of esters is 1. The number of ether oxygens (including phenoxy) is 2. The maximum absolute atomic E-state index is 13.0. The number of anilines is 1. The van der Waals surface area contributed by atoms with Crippen LogP contribution in [0, 0.1) is 5.92 Å². The minimum atomic E-state index is -0.747. The number of carbonyl (C=O) groups excluding carboxylic acids is 2. The first-order chi connectivity index (χ1) is 13.7. The Balaban J connectivity index is 1.54. The molecule has 4 rings (SSSR count). The van der Waals surface area contributed by atoms with Crippen LogP contribution in [0.2, 0.25) is 0 Å². The van der Waals surface area contributed by atoms with Gasteiger partial charge in [-0.15, -0.1) is 0 Å². The van der Waals surface area contributed by atoms with Crippen LogP contribution in [0.15, 0.2) is 41.3 Å². The van der Waals surface area contributed by atoms with Crippen molar-refractivity contribution < 1.29 is 19.1 Å². The number of amides is 1. The van der Waals surface area contributed by atoms with E-state index in [1.807, 2.05) is 30.3 Å². The first-order valence-electron chi connectivity index (χ1n) is 9.56. The van der Waals surface area contributed by atoms with Gasteiger partial charge in [0.05, 0.1) is 6.20 Å². The number of hydrogen-bond donors (Lipinski definition) is 1. The van der Waals surface area contributed by atoms with Crippen LogP contribution in [-0.4, -0.2) is 27.2 Å². The van der Waals surface area contributed by atoms with Gasteiger partial charge in [-0.05, 0) is 32.8 Å². The number of hydrogen-bond acceptors (Lipinski definition) is 6. The van der Waals surface area contributed by atoms with E-state index in [2.05, 4.69) is 10.3 Å². The maximum atomic E-state index is 13.0. The summed E-state index contributed by atoms with van der Waals surface area (Å²) in [5.41, 5.74) is -0.326.